The number of rotatable bonds is 7. The number of amides is 2. The Balaban J connectivity index is 2.00. The van der Waals surface area contributed by atoms with Crippen LogP contribution in [0.15, 0.2) is 24.3 Å². The minimum atomic E-state index is -0.268. The average molecular weight is 319 g/mol. The molecule has 1 heterocycles. The van der Waals surface area contributed by atoms with E-state index in [1.54, 1.807) is 12.0 Å². The lowest BCUT2D eigenvalue weighted by atomic mass is 10.1. The number of benzene rings is 1. The topological polar surface area (TPSA) is 84.7 Å². The Morgan fingerprint density at radius 3 is 2.87 bits per heavy atom. The molecule has 1 saturated heterocycles. The summed E-state index contributed by atoms with van der Waals surface area (Å²) < 4.78 is 5.13. The third-order valence-corrected chi connectivity index (χ3v) is 4.14. The van der Waals surface area contributed by atoms with Crippen LogP contribution in [0.4, 0.5) is 5.69 Å². The summed E-state index contributed by atoms with van der Waals surface area (Å²) >= 11 is 0. The van der Waals surface area contributed by atoms with E-state index >= 15 is 0 Å². The van der Waals surface area contributed by atoms with Crippen molar-refractivity contribution in [3.63, 3.8) is 0 Å². The van der Waals surface area contributed by atoms with E-state index in [1.165, 1.54) is 0 Å². The van der Waals surface area contributed by atoms with E-state index < -0.39 is 0 Å². The molecule has 2 rings (SSSR count). The normalized spacial score (nSPS) is 17.2. The van der Waals surface area contributed by atoms with Gasteiger partial charge in [0.15, 0.2) is 0 Å². The summed E-state index contributed by atoms with van der Waals surface area (Å²) in [6, 6.07) is 7.61. The van der Waals surface area contributed by atoms with Gasteiger partial charge in [0, 0.05) is 32.3 Å². The van der Waals surface area contributed by atoms with Crippen LogP contribution in [0.1, 0.15) is 37.8 Å². The second-order valence-electron chi connectivity index (χ2n) is 5.83. The van der Waals surface area contributed by atoms with Crippen LogP contribution in [0.3, 0.4) is 0 Å². The van der Waals surface area contributed by atoms with Crippen LogP contribution in [-0.2, 0) is 14.3 Å². The van der Waals surface area contributed by atoms with E-state index in [-0.39, 0.29) is 30.4 Å². The number of nitrogens with zero attached hydrogens (tertiary/aromatic N) is 1. The summed E-state index contributed by atoms with van der Waals surface area (Å²) in [6.45, 7) is 2.99. The molecule has 0 bridgehead atoms. The van der Waals surface area contributed by atoms with Crippen LogP contribution in [0, 0.1) is 0 Å². The minimum Gasteiger partial charge on any atom is -0.380 e. The minimum absolute atomic E-state index is 0.0996. The Hall–Kier alpha value is -1.92. The highest BCUT2D eigenvalue weighted by molar-refractivity contribution is 5.95. The maximum atomic E-state index is 12.0. The summed E-state index contributed by atoms with van der Waals surface area (Å²) in [4.78, 5) is 25.7. The number of methoxy groups -OCH3 is 1. The van der Waals surface area contributed by atoms with Gasteiger partial charge in [0.25, 0.3) is 0 Å². The first-order valence-corrected chi connectivity index (χ1v) is 7.97. The first kappa shape index (κ1) is 17.4. The van der Waals surface area contributed by atoms with Gasteiger partial charge in [0.2, 0.25) is 11.8 Å². The molecule has 0 aliphatic carbocycles. The Morgan fingerprint density at radius 2 is 2.26 bits per heavy atom. The molecule has 6 nitrogen and oxygen atoms in total. The lowest BCUT2D eigenvalue weighted by Crippen LogP contribution is -2.33. The molecule has 3 N–H and O–H groups in total. The summed E-state index contributed by atoms with van der Waals surface area (Å²) in [6.07, 6.45) is 1.47. The van der Waals surface area contributed by atoms with Gasteiger partial charge in [-0.3, -0.25) is 9.59 Å². The van der Waals surface area contributed by atoms with E-state index in [0.29, 0.717) is 13.0 Å². The molecule has 6 heteroatoms. The Bertz CT molecular complexity index is 558. The molecule has 1 aromatic rings. The number of anilines is 1. The van der Waals surface area contributed by atoms with Gasteiger partial charge in [-0.25, -0.2) is 0 Å². The highest BCUT2D eigenvalue weighted by Crippen LogP contribution is 2.24. The Kier molecular flexibility index (Phi) is 6.12. The van der Waals surface area contributed by atoms with E-state index in [4.69, 9.17) is 10.5 Å². The smallest absolute Gasteiger partial charge is 0.227 e. The number of nitrogens with two attached hydrogens (primary N) is 1. The van der Waals surface area contributed by atoms with Gasteiger partial charge in [0.05, 0.1) is 18.6 Å². The van der Waals surface area contributed by atoms with Gasteiger partial charge in [-0.15, -0.1) is 0 Å². The van der Waals surface area contributed by atoms with Crippen molar-refractivity contribution in [1.29, 1.82) is 0 Å². The number of carbonyl (C=O) groups excluding carboxylic acids is 2. The quantitative estimate of drug-likeness (QED) is 0.794. The van der Waals surface area contributed by atoms with Gasteiger partial charge in [-0.1, -0.05) is 12.1 Å². The van der Waals surface area contributed by atoms with Crippen LogP contribution in [0.5, 0.6) is 0 Å². The second-order valence-corrected chi connectivity index (χ2v) is 5.83. The van der Waals surface area contributed by atoms with Crippen molar-refractivity contribution >= 4 is 17.5 Å². The first-order valence-electron chi connectivity index (χ1n) is 7.97. The number of nitrogens with one attached hydrogen (secondary N) is 1. The number of hydrogen-bond donors (Lipinski definition) is 2. The van der Waals surface area contributed by atoms with Crippen molar-refractivity contribution in [1.82, 2.24) is 5.32 Å². The molecule has 2 atom stereocenters. The zero-order chi connectivity index (χ0) is 16.8. The third kappa shape index (κ3) is 4.53. The zero-order valence-electron chi connectivity index (χ0n) is 13.7. The van der Waals surface area contributed by atoms with Gasteiger partial charge < -0.3 is 20.7 Å². The molecule has 0 spiro atoms. The lowest BCUT2D eigenvalue weighted by molar-refractivity contribution is -0.124. The Morgan fingerprint density at radius 1 is 1.48 bits per heavy atom. The average Bonchev–Trinajstić information content (AvgIpc) is 2.98. The van der Waals surface area contributed by atoms with E-state index in [9.17, 15) is 9.59 Å². The molecule has 1 aromatic carbocycles. The molecule has 1 aliphatic heterocycles. The zero-order valence-corrected chi connectivity index (χ0v) is 13.7. The van der Waals surface area contributed by atoms with E-state index in [0.717, 1.165) is 24.2 Å². The fourth-order valence-electron chi connectivity index (χ4n) is 2.74. The summed E-state index contributed by atoms with van der Waals surface area (Å²) in [7, 11) is 1.55. The molecule has 126 valence electrons. The fourth-order valence-corrected chi connectivity index (χ4v) is 2.74. The van der Waals surface area contributed by atoms with Gasteiger partial charge in [-0.05, 0) is 31.0 Å². The van der Waals surface area contributed by atoms with Crippen LogP contribution >= 0.6 is 0 Å². The highest BCUT2D eigenvalue weighted by atomic mass is 16.5. The third-order valence-electron chi connectivity index (χ3n) is 4.14. The second kappa shape index (κ2) is 8.08. The maximum Gasteiger partial charge on any atom is 0.227 e. The lowest BCUT2D eigenvalue weighted by Gasteiger charge is -2.20. The van der Waals surface area contributed by atoms with Gasteiger partial charge in [-0.2, -0.15) is 0 Å². The Labute approximate surface area is 137 Å². The number of hydrogen-bond acceptors (Lipinski definition) is 4. The monoisotopic (exact) mass is 319 g/mol. The van der Waals surface area contributed by atoms with Crippen LogP contribution in [-0.4, -0.2) is 38.1 Å². The number of ether oxygens (including phenoxy) is 1. The molecule has 1 fully saturated rings. The van der Waals surface area contributed by atoms with Crippen LogP contribution in [0.25, 0.3) is 0 Å². The molecule has 0 radical (unpaired) electrons. The molecule has 0 aromatic heterocycles. The molecule has 2 amide bonds. The predicted molar refractivity (Wildman–Crippen MR) is 89.1 cm³/mol. The summed E-state index contributed by atoms with van der Waals surface area (Å²) in [5, 5.41) is 2.95. The van der Waals surface area contributed by atoms with Crippen molar-refractivity contribution in [3.8, 4) is 0 Å². The first-order chi connectivity index (χ1) is 11.0. The van der Waals surface area contributed by atoms with Crippen molar-refractivity contribution in [3.05, 3.63) is 29.8 Å². The molecule has 2 unspecified atom stereocenters. The van der Waals surface area contributed by atoms with Crippen LogP contribution < -0.4 is 16.0 Å². The van der Waals surface area contributed by atoms with Crippen molar-refractivity contribution < 1.29 is 14.3 Å². The summed E-state index contributed by atoms with van der Waals surface area (Å²) in [5.41, 5.74) is 7.39. The number of carbonyl (C=O) groups is 2. The highest BCUT2D eigenvalue weighted by Gasteiger charge is 2.22. The largest absolute Gasteiger partial charge is 0.380 e. The SMILES string of the molecule is COC(CN)CC(=O)NC(C)c1cccc(N2CCCC2=O)c1. The van der Waals surface area contributed by atoms with E-state index in [1.807, 2.05) is 31.2 Å². The van der Waals surface area contributed by atoms with E-state index in [2.05, 4.69) is 5.32 Å². The van der Waals surface area contributed by atoms with Gasteiger partial charge >= 0.3 is 0 Å². The van der Waals surface area contributed by atoms with Crippen LogP contribution in [0.2, 0.25) is 0 Å². The van der Waals surface area contributed by atoms with Crippen molar-refractivity contribution in [2.45, 2.75) is 38.3 Å². The fraction of sp³-hybridized carbons (Fsp3) is 0.529. The predicted octanol–water partition coefficient (Wildman–Crippen LogP) is 1.35. The maximum absolute atomic E-state index is 12.0. The molecular weight excluding hydrogens is 294 g/mol. The standard InChI is InChI=1S/C17H25N3O3/c1-12(19-16(21)10-15(11-18)23-2)13-5-3-6-14(9-13)20-8-4-7-17(20)22/h3,5-6,9,12,15H,4,7-8,10-11,18H2,1-2H3,(H,19,21). The van der Waals surface area contributed by atoms with Crippen molar-refractivity contribution in [2.75, 3.05) is 25.1 Å². The molecule has 23 heavy (non-hydrogen) atoms. The van der Waals surface area contributed by atoms with Crippen molar-refractivity contribution in [2.24, 2.45) is 5.73 Å². The van der Waals surface area contributed by atoms with Gasteiger partial charge in [0.1, 0.15) is 0 Å². The summed E-state index contributed by atoms with van der Waals surface area (Å²) in [5.74, 6) is 0.0576. The molecule has 0 saturated carbocycles. The molecular formula is C17H25N3O3. The molecule has 1 aliphatic rings.